The molecule has 0 unspecified atom stereocenters. The van der Waals surface area contributed by atoms with Crippen LogP contribution in [0.3, 0.4) is 0 Å². The third kappa shape index (κ3) is 2.13. The van der Waals surface area contributed by atoms with Crippen LogP contribution in [0.5, 0.6) is 0 Å². The second kappa shape index (κ2) is 4.09. The van der Waals surface area contributed by atoms with Gasteiger partial charge in [-0.1, -0.05) is 0 Å². The van der Waals surface area contributed by atoms with E-state index in [-0.39, 0.29) is 23.0 Å². The highest BCUT2D eigenvalue weighted by Gasteiger charge is 2.31. The Morgan fingerprint density at radius 1 is 1.44 bits per heavy atom. The van der Waals surface area contributed by atoms with E-state index in [0.717, 1.165) is 12.8 Å². The molecule has 0 saturated carbocycles. The number of nitrogen functional groups attached to an aromatic ring is 1. The number of nitrogens with two attached hydrogens (primary N) is 1. The fourth-order valence-corrected chi connectivity index (χ4v) is 1.63. The highest BCUT2D eigenvalue weighted by molar-refractivity contribution is 5.96. The molecule has 1 saturated heterocycles. The zero-order chi connectivity index (χ0) is 11.6. The smallest absolute Gasteiger partial charge is 0.277 e. The Morgan fingerprint density at radius 3 is 2.69 bits per heavy atom. The minimum absolute atomic E-state index is 0.00756. The van der Waals surface area contributed by atoms with Crippen molar-refractivity contribution in [2.24, 2.45) is 0 Å². The molecule has 0 radical (unpaired) electrons. The highest BCUT2D eigenvalue weighted by Crippen LogP contribution is 2.20. The lowest BCUT2D eigenvalue weighted by Gasteiger charge is -2.34. The lowest BCUT2D eigenvalue weighted by atomic mass is 9.92. The van der Waals surface area contributed by atoms with Crippen molar-refractivity contribution in [3.63, 3.8) is 0 Å². The lowest BCUT2D eigenvalue weighted by Crippen LogP contribution is -2.49. The molecule has 0 aliphatic carbocycles. The van der Waals surface area contributed by atoms with E-state index in [4.69, 9.17) is 10.5 Å². The van der Waals surface area contributed by atoms with Gasteiger partial charge in [-0.05, 0) is 30.1 Å². The van der Waals surface area contributed by atoms with Crippen LogP contribution in [0.15, 0.2) is 4.63 Å². The molecule has 7 nitrogen and oxygen atoms in total. The molecule has 1 aliphatic heterocycles. The number of amides is 1. The van der Waals surface area contributed by atoms with E-state index in [9.17, 15) is 4.79 Å². The quantitative estimate of drug-likeness (QED) is 0.732. The minimum Gasteiger partial charge on any atom is -0.381 e. The minimum atomic E-state index is -0.358. The molecule has 2 rings (SSSR count). The van der Waals surface area contributed by atoms with E-state index in [1.807, 2.05) is 6.92 Å². The summed E-state index contributed by atoms with van der Waals surface area (Å²) >= 11 is 0. The summed E-state index contributed by atoms with van der Waals surface area (Å²) in [7, 11) is 0. The van der Waals surface area contributed by atoms with Gasteiger partial charge < -0.3 is 15.8 Å². The fourth-order valence-electron chi connectivity index (χ4n) is 1.63. The number of carbonyl (C=O) groups is 1. The molecule has 0 bridgehead atoms. The van der Waals surface area contributed by atoms with E-state index < -0.39 is 0 Å². The van der Waals surface area contributed by atoms with Crippen molar-refractivity contribution < 1.29 is 14.2 Å². The number of ether oxygens (including phenoxy) is 1. The van der Waals surface area contributed by atoms with Gasteiger partial charge in [0.2, 0.25) is 11.5 Å². The molecule has 16 heavy (non-hydrogen) atoms. The number of nitrogens with zero attached hydrogens (tertiary/aromatic N) is 2. The van der Waals surface area contributed by atoms with Crippen molar-refractivity contribution in [3.8, 4) is 0 Å². The second-order valence-corrected chi connectivity index (χ2v) is 4.13. The molecule has 1 aromatic rings. The first-order chi connectivity index (χ1) is 7.61. The SMILES string of the molecule is CC1(NC(=O)c2nonc2N)CCOCC1. The van der Waals surface area contributed by atoms with Gasteiger partial charge in [0.1, 0.15) is 0 Å². The second-order valence-electron chi connectivity index (χ2n) is 4.13. The summed E-state index contributed by atoms with van der Waals surface area (Å²) in [6.07, 6.45) is 1.54. The van der Waals surface area contributed by atoms with Gasteiger partial charge >= 0.3 is 0 Å². The summed E-state index contributed by atoms with van der Waals surface area (Å²) in [4.78, 5) is 11.8. The van der Waals surface area contributed by atoms with Crippen LogP contribution in [0, 0.1) is 0 Å². The monoisotopic (exact) mass is 226 g/mol. The third-order valence-electron chi connectivity index (χ3n) is 2.74. The van der Waals surface area contributed by atoms with E-state index >= 15 is 0 Å². The highest BCUT2D eigenvalue weighted by atomic mass is 16.6. The van der Waals surface area contributed by atoms with Gasteiger partial charge in [-0.3, -0.25) is 4.79 Å². The van der Waals surface area contributed by atoms with Crippen LogP contribution >= 0.6 is 0 Å². The summed E-state index contributed by atoms with van der Waals surface area (Å²) in [6, 6.07) is 0. The van der Waals surface area contributed by atoms with E-state index in [1.165, 1.54) is 0 Å². The largest absolute Gasteiger partial charge is 0.381 e. The fraction of sp³-hybridized carbons (Fsp3) is 0.667. The molecule has 3 N–H and O–H groups in total. The van der Waals surface area contributed by atoms with Crippen LogP contribution in [-0.4, -0.2) is 35.0 Å². The zero-order valence-corrected chi connectivity index (χ0v) is 9.02. The Kier molecular flexibility index (Phi) is 2.78. The molecule has 88 valence electrons. The van der Waals surface area contributed by atoms with Crippen molar-refractivity contribution in [2.45, 2.75) is 25.3 Å². The zero-order valence-electron chi connectivity index (χ0n) is 9.02. The van der Waals surface area contributed by atoms with Gasteiger partial charge in [0.25, 0.3) is 5.91 Å². The number of carbonyl (C=O) groups excluding carboxylic acids is 1. The summed E-state index contributed by atoms with van der Waals surface area (Å²) in [5.41, 5.74) is 5.19. The van der Waals surface area contributed by atoms with Crippen LogP contribution in [0.4, 0.5) is 5.82 Å². The van der Waals surface area contributed by atoms with Crippen LogP contribution < -0.4 is 11.1 Å². The van der Waals surface area contributed by atoms with E-state index in [2.05, 4.69) is 20.3 Å². The Balaban J connectivity index is 2.04. The molecular formula is C9H14N4O3. The third-order valence-corrected chi connectivity index (χ3v) is 2.74. The maximum Gasteiger partial charge on any atom is 0.277 e. The molecule has 1 amide bonds. The number of rotatable bonds is 2. The Bertz CT molecular complexity index is 384. The molecule has 0 aromatic carbocycles. The molecule has 1 aromatic heterocycles. The first-order valence-electron chi connectivity index (χ1n) is 5.09. The Labute approximate surface area is 92.3 Å². The first kappa shape index (κ1) is 10.9. The van der Waals surface area contributed by atoms with Crippen molar-refractivity contribution in [1.82, 2.24) is 15.6 Å². The summed E-state index contributed by atoms with van der Waals surface area (Å²) in [6.45, 7) is 3.25. The summed E-state index contributed by atoms with van der Waals surface area (Å²) < 4.78 is 9.62. The van der Waals surface area contributed by atoms with Gasteiger partial charge in [0.05, 0.1) is 0 Å². The van der Waals surface area contributed by atoms with E-state index in [1.54, 1.807) is 0 Å². The van der Waals surface area contributed by atoms with E-state index in [0.29, 0.717) is 13.2 Å². The van der Waals surface area contributed by atoms with Crippen LogP contribution in [0.1, 0.15) is 30.3 Å². The van der Waals surface area contributed by atoms with Gasteiger partial charge in [0.15, 0.2) is 0 Å². The normalized spacial score (nSPS) is 19.3. The van der Waals surface area contributed by atoms with Gasteiger partial charge in [-0.15, -0.1) is 0 Å². The molecule has 0 atom stereocenters. The number of aromatic nitrogens is 2. The number of nitrogens with one attached hydrogen (secondary N) is 1. The molecular weight excluding hydrogens is 212 g/mol. The number of hydrogen-bond donors (Lipinski definition) is 2. The molecule has 7 heteroatoms. The predicted molar refractivity (Wildman–Crippen MR) is 54.6 cm³/mol. The van der Waals surface area contributed by atoms with Crippen molar-refractivity contribution >= 4 is 11.7 Å². The van der Waals surface area contributed by atoms with Crippen LogP contribution in [0.25, 0.3) is 0 Å². The average Bonchev–Trinajstić information content (AvgIpc) is 2.65. The summed E-state index contributed by atoms with van der Waals surface area (Å²) in [5, 5.41) is 9.69. The predicted octanol–water partition coefficient (Wildman–Crippen LogP) is -0.0493. The standard InChI is InChI=1S/C9H14N4O3/c1-9(2-4-15-5-3-9)11-8(14)6-7(10)13-16-12-6/h2-5H2,1H3,(H2,10,13)(H,11,14). The first-order valence-corrected chi connectivity index (χ1v) is 5.09. The van der Waals surface area contributed by atoms with Crippen LogP contribution in [-0.2, 0) is 4.74 Å². The maximum absolute atomic E-state index is 11.8. The molecule has 2 heterocycles. The topological polar surface area (TPSA) is 103 Å². The van der Waals surface area contributed by atoms with Crippen LogP contribution in [0.2, 0.25) is 0 Å². The van der Waals surface area contributed by atoms with Gasteiger partial charge in [-0.2, -0.15) is 0 Å². The van der Waals surface area contributed by atoms with Gasteiger partial charge in [-0.25, -0.2) is 4.63 Å². The lowest BCUT2D eigenvalue weighted by molar-refractivity contribution is 0.0420. The van der Waals surface area contributed by atoms with Gasteiger partial charge in [0, 0.05) is 18.8 Å². The molecule has 0 spiro atoms. The summed E-state index contributed by atoms with van der Waals surface area (Å²) in [5.74, 6) is -0.351. The molecule has 1 aliphatic rings. The van der Waals surface area contributed by atoms with Crippen molar-refractivity contribution in [3.05, 3.63) is 5.69 Å². The number of anilines is 1. The Hall–Kier alpha value is -1.63. The average molecular weight is 226 g/mol. The maximum atomic E-state index is 11.8. The van der Waals surface area contributed by atoms with Crippen molar-refractivity contribution in [1.29, 1.82) is 0 Å². The Morgan fingerprint density at radius 2 is 2.12 bits per heavy atom. The number of hydrogen-bond acceptors (Lipinski definition) is 6. The van der Waals surface area contributed by atoms with Crippen molar-refractivity contribution in [2.75, 3.05) is 18.9 Å². The molecule has 1 fully saturated rings.